The maximum absolute atomic E-state index is 13.4. The van der Waals surface area contributed by atoms with Crippen LogP contribution in [0.15, 0.2) is 23.1 Å². The highest BCUT2D eigenvalue weighted by Crippen LogP contribution is 2.18. The summed E-state index contributed by atoms with van der Waals surface area (Å²) in [5.74, 6) is -1.38. The molecule has 0 aromatic heterocycles. The van der Waals surface area contributed by atoms with Gasteiger partial charge in [0.25, 0.3) is 0 Å². The van der Waals surface area contributed by atoms with Crippen molar-refractivity contribution < 1.29 is 17.6 Å². The van der Waals surface area contributed by atoms with E-state index in [1.54, 1.807) is 0 Å². The number of amides is 1. The molecule has 6 nitrogen and oxygen atoms in total. The molecule has 1 aromatic carbocycles. The lowest BCUT2D eigenvalue weighted by atomic mass is 10.2. The maximum atomic E-state index is 13.4. The third-order valence-electron chi connectivity index (χ3n) is 2.52. The van der Waals surface area contributed by atoms with Crippen molar-refractivity contribution in [2.24, 2.45) is 0 Å². The molecule has 0 saturated heterocycles. The number of nitriles is 1. The van der Waals surface area contributed by atoms with Crippen molar-refractivity contribution in [1.82, 2.24) is 9.62 Å². The van der Waals surface area contributed by atoms with Crippen LogP contribution >= 0.6 is 0 Å². The van der Waals surface area contributed by atoms with Gasteiger partial charge in [0.15, 0.2) is 0 Å². The van der Waals surface area contributed by atoms with Gasteiger partial charge in [0.05, 0.1) is 6.04 Å². The van der Waals surface area contributed by atoms with Crippen molar-refractivity contribution in [2.75, 3.05) is 14.1 Å². The van der Waals surface area contributed by atoms with E-state index < -0.39 is 38.2 Å². The largest absolute Gasteiger partial charge is 0.347 e. The average molecular weight is 299 g/mol. The number of rotatable bonds is 4. The number of hydrogen-bond donors (Lipinski definition) is 1. The van der Waals surface area contributed by atoms with Gasteiger partial charge >= 0.3 is 0 Å². The van der Waals surface area contributed by atoms with Crippen molar-refractivity contribution in [1.29, 1.82) is 5.26 Å². The molecular weight excluding hydrogens is 285 g/mol. The number of nitrogens with zero attached hydrogens (tertiary/aromatic N) is 2. The van der Waals surface area contributed by atoms with Crippen LogP contribution in [-0.2, 0) is 14.8 Å². The lowest BCUT2D eigenvalue weighted by Gasteiger charge is -2.18. The Bertz CT molecular complexity index is 665. The molecule has 1 N–H and O–H groups in total. The summed E-state index contributed by atoms with van der Waals surface area (Å²) in [5, 5.41) is 8.84. The molecule has 0 aliphatic heterocycles. The number of carbonyl (C=O) groups excluding carboxylic acids is 1. The molecule has 1 atom stereocenters. The molecule has 0 aliphatic rings. The zero-order valence-electron chi connectivity index (χ0n) is 11.2. The van der Waals surface area contributed by atoms with Gasteiger partial charge in [-0.15, -0.1) is 0 Å². The smallest absolute Gasteiger partial charge is 0.242 e. The highest BCUT2D eigenvalue weighted by Gasteiger charge is 2.26. The molecule has 8 heteroatoms. The monoisotopic (exact) mass is 299 g/mol. The number of nitrogens with one attached hydrogen (secondary N) is 1. The molecule has 0 bridgehead atoms. The van der Waals surface area contributed by atoms with E-state index in [-0.39, 0.29) is 0 Å². The highest BCUT2D eigenvalue weighted by atomic mass is 32.2. The first kappa shape index (κ1) is 16.1. The Morgan fingerprint density at radius 3 is 2.55 bits per heavy atom. The number of benzene rings is 1. The molecule has 0 radical (unpaired) electrons. The fourth-order valence-electron chi connectivity index (χ4n) is 1.57. The summed E-state index contributed by atoms with van der Waals surface area (Å²) in [6.07, 6.45) is 0. The van der Waals surface area contributed by atoms with Crippen LogP contribution in [-0.4, -0.2) is 39.4 Å². The molecule has 20 heavy (non-hydrogen) atoms. The summed E-state index contributed by atoms with van der Waals surface area (Å²) in [7, 11) is -1.20. The van der Waals surface area contributed by atoms with Crippen LogP contribution in [0.2, 0.25) is 0 Å². The Labute approximate surface area is 116 Å². The SMILES string of the molecule is CC(NS(=O)(=O)c1cccc(F)c1C#N)C(=O)N(C)C. The fourth-order valence-corrected chi connectivity index (χ4v) is 2.93. The Kier molecular flexibility index (Phi) is 4.81. The predicted octanol–water partition coefficient (Wildman–Crippen LogP) is 0.452. The summed E-state index contributed by atoms with van der Waals surface area (Å²) in [5.41, 5.74) is -0.579. The predicted molar refractivity (Wildman–Crippen MR) is 69.6 cm³/mol. The van der Waals surface area contributed by atoms with Gasteiger partial charge in [0.1, 0.15) is 22.3 Å². The van der Waals surface area contributed by atoms with Crippen LogP contribution in [0, 0.1) is 17.1 Å². The van der Waals surface area contributed by atoms with Gasteiger partial charge < -0.3 is 4.90 Å². The van der Waals surface area contributed by atoms with Crippen molar-refractivity contribution >= 4 is 15.9 Å². The quantitative estimate of drug-likeness (QED) is 0.874. The van der Waals surface area contributed by atoms with Gasteiger partial charge in [-0.3, -0.25) is 4.79 Å². The lowest BCUT2D eigenvalue weighted by molar-refractivity contribution is -0.130. The fraction of sp³-hybridized carbons (Fsp3) is 0.333. The second kappa shape index (κ2) is 5.98. The third-order valence-corrected chi connectivity index (χ3v) is 4.10. The van der Waals surface area contributed by atoms with Gasteiger partial charge in [0, 0.05) is 14.1 Å². The molecule has 0 heterocycles. The van der Waals surface area contributed by atoms with Gasteiger partial charge in [-0.1, -0.05) is 6.07 Å². The molecule has 0 fully saturated rings. The number of likely N-dealkylation sites (N-methyl/N-ethyl adjacent to an activating group) is 1. The van der Waals surface area contributed by atoms with Crippen molar-refractivity contribution in [3.63, 3.8) is 0 Å². The molecule has 0 saturated carbocycles. The summed E-state index contributed by atoms with van der Waals surface area (Å²) in [6.45, 7) is 1.37. The van der Waals surface area contributed by atoms with E-state index >= 15 is 0 Å². The normalized spacial score (nSPS) is 12.6. The maximum Gasteiger partial charge on any atom is 0.242 e. The summed E-state index contributed by atoms with van der Waals surface area (Å²) in [6, 6.07) is 3.77. The standard InChI is InChI=1S/C12H14FN3O3S/c1-8(12(17)16(2)3)15-20(18,19)11-6-4-5-10(13)9(11)7-14/h4-6,8,15H,1-3H3. The van der Waals surface area contributed by atoms with Crippen molar-refractivity contribution in [3.8, 4) is 6.07 Å². The Morgan fingerprint density at radius 2 is 2.05 bits per heavy atom. The summed E-state index contributed by atoms with van der Waals surface area (Å²) in [4.78, 5) is 12.4. The summed E-state index contributed by atoms with van der Waals surface area (Å²) < 4.78 is 39.7. The highest BCUT2D eigenvalue weighted by molar-refractivity contribution is 7.89. The molecule has 1 rings (SSSR count). The molecule has 0 aliphatic carbocycles. The van der Waals surface area contributed by atoms with Gasteiger partial charge in [-0.05, 0) is 19.1 Å². The van der Waals surface area contributed by atoms with Crippen LogP contribution < -0.4 is 4.72 Å². The molecule has 1 unspecified atom stereocenters. The van der Waals surface area contributed by atoms with Crippen molar-refractivity contribution in [3.05, 3.63) is 29.6 Å². The van der Waals surface area contributed by atoms with E-state index in [9.17, 15) is 17.6 Å². The zero-order valence-corrected chi connectivity index (χ0v) is 12.0. The Hall–Kier alpha value is -1.98. The average Bonchev–Trinajstić information content (AvgIpc) is 2.36. The number of sulfonamides is 1. The minimum Gasteiger partial charge on any atom is -0.347 e. The van der Waals surface area contributed by atoms with Gasteiger partial charge in [-0.25, -0.2) is 12.8 Å². The number of halogens is 1. The van der Waals surface area contributed by atoms with Crippen LogP contribution in [0.5, 0.6) is 0 Å². The topological polar surface area (TPSA) is 90.3 Å². The first-order valence-electron chi connectivity index (χ1n) is 5.63. The lowest BCUT2D eigenvalue weighted by Crippen LogP contribution is -2.44. The van der Waals surface area contributed by atoms with Crippen molar-refractivity contribution in [2.45, 2.75) is 17.9 Å². The van der Waals surface area contributed by atoms with Crippen LogP contribution in [0.4, 0.5) is 4.39 Å². The molecule has 1 amide bonds. The molecule has 0 spiro atoms. The number of carbonyl (C=O) groups is 1. The van der Waals surface area contributed by atoms with Gasteiger partial charge in [-0.2, -0.15) is 9.98 Å². The Balaban J connectivity index is 3.17. The van der Waals surface area contributed by atoms with Crippen LogP contribution in [0.25, 0.3) is 0 Å². The summed E-state index contributed by atoms with van der Waals surface area (Å²) >= 11 is 0. The van der Waals surface area contributed by atoms with E-state index in [2.05, 4.69) is 4.72 Å². The van der Waals surface area contributed by atoms with Crippen LogP contribution in [0.1, 0.15) is 12.5 Å². The van der Waals surface area contributed by atoms with E-state index in [4.69, 9.17) is 5.26 Å². The zero-order chi connectivity index (χ0) is 15.5. The van der Waals surface area contributed by atoms with E-state index in [1.165, 1.54) is 38.1 Å². The van der Waals surface area contributed by atoms with E-state index in [0.29, 0.717) is 0 Å². The first-order chi connectivity index (χ1) is 9.20. The minimum atomic E-state index is -4.16. The molecule has 1 aromatic rings. The van der Waals surface area contributed by atoms with Crippen LogP contribution in [0.3, 0.4) is 0 Å². The second-order valence-electron chi connectivity index (χ2n) is 4.30. The third kappa shape index (κ3) is 3.31. The first-order valence-corrected chi connectivity index (χ1v) is 7.11. The van der Waals surface area contributed by atoms with Gasteiger partial charge in [0.2, 0.25) is 15.9 Å². The minimum absolute atomic E-state index is 0.455. The van der Waals surface area contributed by atoms with E-state index in [1.807, 2.05) is 0 Å². The number of hydrogen-bond acceptors (Lipinski definition) is 4. The Morgan fingerprint density at radius 1 is 1.45 bits per heavy atom. The van der Waals surface area contributed by atoms with E-state index in [0.717, 1.165) is 12.1 Å². The molecule has 108 valence electrons. The molecular formula is C12H14FN3O3S. The second-order valence-corrected chi connectivity index (χ2v) is 5.98.